The summed E-state index contributed by atoms with van der Waals surface area (Å²) in [6.45, 7) is 1.91. The molecule has 1 N–H and O–H groups in total. The van der Waals surface area contributed by atoms with Gasteiger partial charge in [0, 0.05) is 15.7 Å². The lowest BCUT2D eigenvalue weighted by Gasteiger charge is -2.09. The Hall–Kier alpha value is -1.81. The number of anilines is 1. The van der Waals surface area contributed by atoms with Crippen molar-refractivity contribution in [2.24, 2.45) is 0 Å². The highest BCUT2D eigenvalue weighted by Gasteiger charge is 2.10. The van der Waals surface area contributed by atoms with Crippen molar-refractivity contribution in [2.45, 2.75) is 6.92 Å². The summed E-state index contributed by atoms with van der Waals surface area (Å²) in [4.78, 5) is 12.2. The zero-order valence-electron chi connectivity index (χ0n) is 10.7. The molecule has 98 valence electrons. The molecular weight excluding hydrogens is 306 g/mol. The van der Waals surface area contributed by atoms with E-state index in [4.69, 9.17) is 4.74 Å². The molecule has 0 fully saturated rings. The molecule has 3 nitrogen and oxygen atoms in total. The van der Waals surface area contributed by atoms with Crippen LogP contribution in [0.4, 0.5) is 5.69 Å². The molecule has 2 aromatic rings. The molecule has 0 spiro atoms. The van der Waals surface area contributed by atoms with Crippen LogP contribution in [0.15, 0.2) is 46.9 Å². The molecule has 2 rings (SSSR count). The number of rotatable bonds is 3. The van der Waals surface area contributed by atoms with Gasteiger partial charge in [0.15, 0.2) is 0 Å². The third-order valence-electron chi connectivity index (χ3n) is 2.86. The molecular formula is C15H14BrNO2. The Kier molecular flexibility index (Phi) is 4.22. The second-order valence-corrected chi connectivity index (χ2v) is 4.95. The molecule has 0 heterocycles. The predicted molar refractivity (Wildman–Crippen MR) is 79.8 cm³/mol. The van der Waals surface area contributed by atoms with Gasteiger partial charge in [-0.1, -0.05) is 22.0 Å². The minimum Gasteiger partial charge on any atom is -0.497 e. The lowest BCUT2D eigenvalue weighted by molar-refractivity contribution is 0.102. The number of nitrogens with one attached hydrogen (secondary N) is 1. The molecule has 0 radical (unpaired) electrons. The van der Waals surface area contributed by atoms with E-state index >= 15 is 0 Å². The van der Waals surface area contributed by atoms with Crippen molar-refractivity contribution < 1.29 is 9.53 Å². The summed E-state index contributed by atoms with van der Waals surface area (Å²) in [6, 6.07) is 12.8. The van der Waals surface area contributed by atoms with Gasteiger partial charge in [-0.05, 0) is 48.9 Å². The summed E-state index contributed by atoms with van der Waals surface area (Å²) in [5.74, 6) is 0.639. The Bertz CT molecular complexity index is 594. The van der Waals surface area contributed by atoms with Crippen molar-refractivity contribution in [3.05, 3.63) is 58.1 Å². The van der Waals surface area contributed by atoms with Crippen molar-refractivity contribution in [1.29, 1.82) is 0 Å². The van der Waals surface area contributed by atoms with Gasteiger partial charge >= 0.3 is 0 Å². The normalized spacial score (nSPS) is 10.1. The van der Waals surface area contributed by atoms with E-state index in [1.54, 1.807) is 13.2 Å². The van der Waals surface area contributed by atoms with E-state index in [1.807, 2.05) is 43.3 Å². The van der Waals surface area contributed by atoms with E-state index in [2.05, 4.69) is 21.2 Å². The van der Waals surface area contributed by atoms with Crippen LogP contribution in [-0.4, -0.2) is 13.0 Å². The number of amides is 1. The van der Waals surface area contributed by atoms with Crippen molar-refractivity contribution in [3.63, 3.8) is 0 Å². The summed E-state index contributed by atoms with van der Waals surface area (Å²) in [5, 5.41) is 2.86. The lowest BCUT2D eigenvalue weighted by atomic mass is 10.1. The van der Waals surface area contributed by atoms with Gasteiger partial charge in [-0.3, -0.25) is 4.79 Å². The lowest BCUT2D eigenvalue weighted by Crippen LogP contribution is -2.13. The molecule has 0 saturated carbocycles. The molecule has 0 bridgehead atoms. The minimum atomic E-state index is -0.121. The fourth-order valence-corrected chi connectivity index (χ4v) is 2.09. The Morgan fingerprint density at radius 3 is 2.47 bits per heavy atom. The monoisotopic (exact) mass is 319 g/mol. The quantitative estimate of drug-likeness (QED) is 0.928. The SMILES string of the molecule is COc1ccc(NC(=O)c2cccc(Br)c2C)cc1. The highest BCUT2D eigenvalue weighted by Crippen LogP contribution is 2.21. The Morgan fingerprint density at radius 1 is 1.16 bits per heavy atom. The number of benzene rings is 2. The van der Waals surface area contributed by atoms with E-state index in [1.165, 1.54) is 0 Å². The molecule has 19 heavy (non-hydrogen) atoms. The zero-order valence-corrected chi connectivity index (χ0v) is 12.3. The van der Waals surface area contributed by atoms with E-state index in [0.29, 0.717) is 5.56 Å². The summed E-state index contributed by atoms with van der Waals surface area (Å²) < 4.78 is 6.00. The highest BCUT2D eigenvalue weighted by atomic mass is 79.9. The van der Waals surface area contributed by atoms with E-state index in [9.17, 15) is 4.79 Å². The van der Waals surface area contributed by atoms with Crippen LogP contribution in [-0.2, 0) is 0 Å². The maximum Gasteiger partial charge on any atom is 0.255 e. The average Bonchev–Trinajstić information content (AvgIpc) is 2.42. The maximum atomic E-state index is 12.2. The number of carbonyl (C=O) groups is 1. The molecule has 4 heteroatoms. The Morgan fingerprint density at radius 2 is 1.84 bits per heavy atom. The van der Waals surface area contributed by atoms with Crippen molar-refractivity contribution in [1.82, 2.24) is 0 Å². The number of hydrogen-bond donors (Lipinski definition) is 1. The molecule has 0 aliphatic carbocycles. The maximum absolute atomic E-state index is 12.2. The van der Waals surface area contributed by atoms with E-state index in [0.717, 1.165) is 21.5 Å². The van der Waals surface area contributed by atoms with Gasteiger partial charge in [-0.15, -0.1) is 0 Å². The highest BCUT2D eigenvalue weighted by molar-refractivity contribution is 9.10. The van der Waals surface area contributed by atoms with Gasteiger partial charge in [-0.2, -0.15) is 0 Å². The molecule has 1 amide bonds. The number of carbonyl (C=O) groups excluding carboxylic acids is 1. The van der Waals surface area contributed by atoms with Crippen LogP contribution in [0.2, 0.25) is 0 Å². The predicted octanol–water partition coefficient (Wildman–Crippen LogP) is 4.02. The third kappa shape index (κ3) is 3.15. The van der Waals surface area contributed by atoms with Crippen LogP contribution in [0.1, 0.15) is 15.9 Å². The number of halogens is 1. The largest absolute Gasteiger partial charge is 0.497 e. The second-order valence-electron chi connectivity index (χ2n) is 4.10. The number of hydrogen-bond acceptors (Lipinski definition) is 2. The number of methoxy groups -OCH3 is 1. The fraction of sp³-hybridized carbons (Fsp3) is 0.133. The molecule has 0 aliphatic rings. The molecule has 0 aromatic heterocycles. The van der Waals surface area contributed by atoms with Gasteiger partial charge in [0.1, 0.15) is 5.75 Å². The summed E-state index contributed by atoms with van der Waals surface area (Å²) in [7, 11) is 1.61. The summed E-state index contributed by atoms with van der Waals surface area (Å²) in [6.07, 6.45) is 0. The van der Waals surface area contributed by atoms with Crippen LogP contribution in [0.25, 0.3) is 0 Å². The van der Waals surface area contributed by atoms with E-state index in [-0.39, 0.29) is 5.91 Å². The van der Waals surface area contributed by atoms with Crippen molar-refractivity contribution in [2.75, 3.05) is 12.4 Å². The van der Waals surface area contributed by atoms with Gasteiger partial charge in [0.05, 0.1) is 7.11 Å². The first-order valence-corrected chi connectivity index (χ1v) is 6.61. The van der Waals surface area contributed by atoms with Gasteiger partial charge < -0.3 is 10.1 Å². The van der Waals surface area contributed by atoms with Crippen LogP contribution in [0, 0.1) is 6.92 Å². The second kappa shape index (κ2) is 5.89. The fourth-order valence-electron chi connectivity index (χ4n) is 1.73. The number of ether oxygens (including phenoxy) is 1. The molecule has 2 aromatic carbocycles. The molecule has 0 unspecified atom stereocenters. The first-order chi connectivity index (χ1) is 9.11. The van der Waals surface area contributed by atoms with Crippen LogP contribution in [0.5, 0.6) is 5.75 Å². The minimum absolute atomic E-state index is 0.121. The molecule has 0 atom stereocenters. The Balaban J connectivity index is 2.18. The van der Waals surface area contributed by atoms with Crippen LogP contribution in [0.3, 0.4) is 0 Å². The summed E-state index contributed by atoms with van der Waals surface area (Å²) in [5.41, 5.74) is 2.32. The van der Waals surface area contributed by atoms with Crippen LogP contribution >= 0.6 is 15.9 Å². The first-order valence-electron chi connectivity index (χ1n) is 5.82. The molecule has 0 aliphatic heterocycles. The standard InChI is InChI=1S/C15H14BrNO2/c1-10-13(4-3-5-14(10)16)15(18)17-11-6-8-12(19-2)9-7-11/h3-9H,1-2H3,(H,17,18). The van der Waals surface area contributed by atoms with Gasteiger partial charge in [-0.25, -0.2) is 0 Å². The third-order valence-corrected chi connectivity index (χ3v) is 3.72. The Labute approximate surface area is 120 Å². The van der Waals surface area contributed by atoms with Gasteiger partial charge in [0.2, 0.25) is 0 Å². The van der Waals surface area contributed by atoms with Crippen molar-refractivity contribution >= 4 is 27.5 Å². The zero-order chi connectivity index (χ0) is 13.8. The topological polar surface area (TPSA) is 38.3 Å². The van der Waals surface area contributed by atoms with Crippen molar-refractivity contribution in [3.8, 4) is 5.75 Å². The molecule has 0 saturated heterocycles. The summed E-state index contributed by atoms with van der Waals surface area (Å²) >= 11 is 3.42. The first kappa shape index (κ1) is 13.6. The van der Waals surface area contributed by atoms with E-state index < -0.39 is 0 Å². The average molecular weight is 320 g/mol. The van der Waals surface area contributed by atoms with Gasteiger partial charge in [0.25, 0.3) is 5.91 Å². The van der Waals surface area contributed by atoms with Crippen LogP contribution < -0.4 is 10.1 Å². The smallest absolute Gasteiger partial charge is 0.255 e.